The molecule has 0 aliphatic heterocycles. The standard InChI is InChI=1S/C22H23F2N3O4S2/c23-17-13-20(33(29,30)27-21-25-14-26-32-21)18(24)12-19(17)31-11-10-22(8-6-16(28)7-9-22)15-4-2-1-3-5-15/h1-5,12-14,16,28H,6-11H2,(H,25,26,27). The van der Waals surface area contributed by atoms with E-state index in [0.29, 0.717) is 25.3 Å². The van der Waals surface area contributed by atoms with Gasteiger partial charge in [-0.1, -0.05) is 30.3 Å². The molecule has 0 atom stereocenters. The number of sulfonamides is 1. The molecule has 11 heteroatoms. The fraction of sp³-hybridized carbons (Fsp3) is 0.364. The number of halogens is 2. The van der Waals surface area contributed by atoms with E-state index in [2.05, 4.69) is 14.1 Å². The molecule has 0 amide bonds. The fourth-order valence-electron chi connectivity index (χ4n) is 4.20. The first-order chi connectivity index (χ1) is 15.8. The van der Waals surface area contributed by atoms with Crippen molar-refractivity contribution in [3.63, 3.8) is 0 Å². The molecule has 1 saturated carbocycles. The third-order valence-corrected chi connectivity index (χ3v) is 8.06. The Morgan fingerprint density at radius 2 is 1.88 bits per heavy atom. The second-order valence-electron chi connectivity index (χ2n) is 8.04. The van der Waals surface area contributed by atoms with Gasteiger partial charge < -0.3 is 9.84 Å². The summed E-state index contributed by atoms with van der Waals surface area (Å²) in [4.78, 5) is 2.84. The van der Waals surface area contributed by atoms with Crippen molar-refractivity contribution in [1.82, 2.24) is 9.36 Å². The quantitative estimate of drug-likeness (QED) is 0.484. The van der Waals surface area contributed by atoms with Gasteiger partial charge in [-0.3, -0.25) is 4.72 Å². The van der Waals surface area contributed by atoms with Gasteiger partial charge in [0.25, 0.3) is 10.0 Å². The predicted octanol–water partition coefficient (Wildman–Crippen LogP) is 4.26. The lowest BCUT2D eigenvalue weighted by Gasteiger charge is -2.39. The first kappa shape index (κ1) is 23.5. The Hall–Kier alpha value is -2.63. The molecule has 7 nitrogen and oxygen atoms in total. The molecule has 1 aromatic heterocycles. The summed E-state index contributed by atoms with van der Waals surface area (Å²) in [7, 11) is -4.38. The van der Waals surface area contributed by atoms with Crippen LogP contribution >= 0.6 is 11.5 Å². The maximum absolute atomic E-state index is 14.6. The second-order valence-corrected chi connectivity index (χ2v) is 10.5. The van der Waals surface area contributed by atoms with Gasteiger partial charge in [-0.25, -0.2) is 22.2 Å². The van der Waals surface area contributed by atoms with Gasteiger partial charge in [0.15, 0.2) is 11.6 Å². The maximum Gasteiger partial charge on any atom is 0.266 e. The molecule has 4 rings (SSSR count). The molecule has 1 heterocycles. The zero-order valence-corrected chi connectivity index (χ0v) is 19.2. The average Bonchev–Trinajstić information content (AvgIpc) is 3.30. The molecule has 0 saturated heterocycles. The van der Waals surface area contributed by atoms with Gasteiger partial charge in [-0.15, -0.1) is 0 Å². The van der Waals surface area contributed by atoms with Crippen LogP contribution in [0.1, 0.15) is 37.7 Å². The Bertz CT molecular complexity index is 1180. The number of benzene rings is 2. The van der Waals surface area contributed by atoms with Crippen LogP contribution in [0.5, 0.6) is 5.75 Å². The summed E-state index contributed by atoms with van der Waals surface area (Å²) in [5.41, 5.74) is 0.890. The molecule has 3 aromatic rings. The van der Waals surface area contributed by atoms with E-state index in [0.717, 1.165) is 42.3 Å². The summed E-state index contributed by atoms with van der Waals surface area (Å²) in [6.07, 6.45) is 4.19. The number of aliphatic hydroxyl groups excluding tert-OH is 1. The molecule has 0 bridgehead atoms. The van der Waals surface area contributed by atoms with Crippen LogP contribution in [0.3, 0.4) is 0 Å². The number of nitrogens with zero attached hydrogens (tertiary/aromatic N) is 2. The van der Waals surface area contributed by atoms with E-state index >= 15 is 0 Å². The van der Waals surface area contributed by atoms with Gasteiger partial charge in [-0.2, -0.15) is 4.37 Å². The highest BCUT2D eigenvalue weighted by Crippen LogP contribution is 2.42. The lowest BCUT2D eigenvalue weighted by Crippen LogP contribution is -2.35. The molecule has 0 radical (unpaired) electrons. The first-order valence-corrected chi connectivity index (χ1v) is 12.7. The first-order valence-electron chi connectivity index (χ1n) is 10.4. The van der Waals surface area contributed by atoms with Crippen molar-refractivity contribution in [2.24, 2.45) is 0 Å². The number of ether oxygens (including phenoxy) is 1. The number of hydrogen-bond acceptors (Lipinski definition) is 7. The molecule has 33 heavy (non-hydrogen) atoms. The molecule has 1 aliphatic carbocycles. The van der Waals surface area contributed by atoms with E-state index in [1.807, 2.05) is 30.3 Å². The van der Waals surface area contributed by atoms with Crippen LogP contribution in [0.2, 0.25) is 0 Å². The van der Waals surface area contributed by atoms with Crippen molar-refractivity contribution in [3.05, 3.63) is 66.0 Å². The maximum atomic E-state index is 14.6. The van der Waals surface area contributed by atoms with Crippen molar-refractivity contribution < 1.29 is 27.0 Å². The smallest absolute Gasteiger partial charge is 0.266 e. The monoisotopic (exact) mass is 495 g/mol. The van der Waals surface area contributed by atoms with Crippen molar-refractivity contribution in [2.45, 2.75) is 48.5 Å². The highest BCUT2D eigenvalue weighted by molar-refractivity contribution is 7.93. The SMILES string of the molecule is O=S(=O)(Nc1ncns1)c1cc(F)c(OCCC2(c3ccccc3)CCC(O)CC2)cc1F. The van der Waals surface area contributed by atoms with Crippen molar-refractivity contribution in [2.75, 3.05) is 11.3 Å². The zero-order valence-electron chi connectivity index (χ0n) is 17.6. The average molecular weight is 496 g/mol. The number of rotatable bonds is 8. The van der Waals surface area contributed by atoms with Crippen LogP contribution in [0.25, 0.3) is 0 Å². The number of anilines is 1. The van der Waals surface area contributed by atoms with Crippen LogP contribution < -0.4 is 9.46 Å². The Kier molecular flexibility index (Phi) is 6.91. The molecule has 176 valence electrons. The minimum Gasteiger partial charge on any atom is -0.490 e. The molecule has 1 fully saturated rings. The van der Waals surface area contributed by atoms with Gasteiger partial charge >= 0.3 is 0 Å². The Morgan fingerprint density at radius 3 is 2.55 bits per heavy atom. The van der Waals surface area contributed by atoms with Gasteiger partial charge in [0.2, 0.25) is 5.13 Å². The van der Waals surface area contributed by atoms with E-state index < -0.39 is 26.6 Å². The Morgan fingerprint density at radius 1 is 1.15 bits per heavy atom. The molecule has 0 spiro atoms. The number of nitrogens with one attached hydrogen (secondary N) is 1. The predicted molar refractivity (Wildman–Crippen MR) is 120 cm³/mol. The van der Waals surface area contributed by atoms with Gasteiger partial charge in [0.1, 0.15) is 17.0 Å². The van der Waals surface area contributed by atoms with Crippen LogP contribution in [-0.2, 0) is 15.4 Å². The van der Waals surface area contributed by atoms with Crippen LogP contribution in [0, 0.1) is 11.6 Å². The second kappa shape index (κ2) is 9.70. The van der Waals surface area contributed by atoms with Crippen LogP contribution in [0.4, 0.5) is 13.9 Å². The third-order valence-electron chi connectivity index (χ3n) is 6.00. The fourth-order valence-corrected chi connectivity index (χ4v) is 5.93. The van der Waals surface area contributed by atoms with E-state index in [4.69, 9.17) is 4.74 Å². The number of aromatic nitrogens is 2. The topological polar surface area (TPSA) is 101 Å². The summed E-state index contributed by atoms with van der Waals surface area (Å²) in [6.45, 7) is 0.108. The minimum absolute atomic E-state index is 0.0565. The highest BCUT2D eigenvalue weighted by atomic mass is 32.2. The summed E-state index contributed by atoms with van der Waals surface area (Å²) in [5.74, 6) is -2.48. The number of hydrogen-bond donors (Lipinski definition) is 2. The third kappa shape index (κ3) is 5.31. The van der Waals surface area contributed by atoms with Crippen molar-refractivity contribution >= 4 is 26.7 Å². The van der Waals surface area contributed by atoms with Gasteiger partial charge in [0.05, 0.1) is 12.7 Å². The van der Waals surface area contributed by atoms with E-state index in [-0.39, 0.29) is 29.0 Å². The van der Waals surface area contributed by atoms with E-state index in [1.54, 1.807) is 0 Å². The Balaban J connectivity index is 1.48. The summed E-state index contributed by atoms with van der Waals surface area (Å²) < 4.78 is 65.3. The summed E-state index contributed by atoms with van der Waals surface area (Å²) >= 11 is 0.772. The van der Waals surface area contributed by atoms with Crippen LogP contribution in [0.15, 0.2) is 53.7 Å². The lowest BCUT2D eigenvalue weighted by molar-refractivity contribution is 0.0852. The van der Waals surface area contributed by atoms with E-state index in [9.17, 15) is 22.3 Å². The van der Waals surface area contributed by atoms with Crippen LogP contribution in [-0.4, -0.2) is 35.6 Å². The molecule has 2 aromatic carbocycles. The Labute approximate surface area is 194 Å². The van der Waals surface area contributed by atoms with Crippen molar-refractivity contribution in [1.29, 1.82) is 0 Å². The molecular formula is C22H23F2N3O4S2. The van der Waals surface area contributed by atoms with E-state index in [1.165, 1.54) is 0 Å². The minimum atomic E-state index is -4.38. The normalized spacial score (nSPS) is 21.0. The zero-order chi connectivity index (χ0) is 23.5. The molecule has 2 N–H and O–H groups in total. The highest BCUT2D eigenvalue weighted by Gasteiger charge is 2.36. The molecular weight excluding hydrogens is 472 g/mol. The van der Waals surface area contributed by atoms with Gasteiger partial charge in [-0.05, 0) is 43.1 Å². The van der Waals surface area contributed by atoms with Gasteiger partial charge in [0, 0.05) is 23.7 Å². The molecule has 0 unspecified atom stereocenters. The largest absolute Gasteiger partial charge is 0.490 e. The summed E-state index contributed by atoms with van der Waals surface area (Å²) in [5, 5.41) is 9.89. The lowest BCUT2D eigenvalue weighted by atomic mass is 9.67. The van der Waals surface area contributed by atoms with Crippen molar-refractivity contribution in [3.8, 4) is 5.75 Å². The molecule has 1 aliphatic rings. The summed E-state index contributed by atoms with van der Waals surface area (Å²) in [6, 6.07) is 11.2. The number of aliphatic hydroxyl groups is 1.